The van der Waals surface area contributed by atoms with Crippen LogP contribution in [0, 0.1) is 0 Å². The maximum atomic E-state index is 5.84. The minimum absolute atomic E-state index is 0.491. The summed E-state index contributed by atoms with van der Waals surface area (Å²) in [6.45, 7) is 0.741. The Balaban J connectivity index is 1.67. The molecule has 0 spiro atoms. The van der Waals surface area contributed by atoms with Gasteiger partial charge in [0, 0.05) is 36.5 Å². The average molecular weight is 285 g/mol. The van der Waals surface area contributed by atoms with Gasteiger partial charge in [-0.3, -0.25) is 0 Å². The van der Waals surface area contributed by atoms with Crippen molar-refractivity contribution in [1.82, 2.24) is 14.5 Å². The van der Waals surface area contributed by atoms with Gasteiger partial charge in [0.2, 0.25) is 0 Å². The molecule has 2 heterocycles. The van der Waals surface area contributed by atoms with Gasteiger partial charge in [0.1, 0.15) is 5.15 Å². The maximum absolute atomic E-state index is 5.84. The smallest absolute Gasteiger partial charge is 0.131 e. The number of hydrogen-bond donors (Lipinski definition) is 1. The number of benzene rings is 1. The van der Waals surface area contributed by atoms with Crippen molar-refractivity contribution in [3.8, 4) is 5.69 Å². The number of nitrogens with zero attached hydrogens (tertiary/aromatic N) is 3. The largest absolute Gasteiger partial charge is 0.381 e. The molecule has 3 aromatic rings. The van der Waals surface area contributed by atoms with Crippen molar-refractivity contribution in [3.63, 3.8) is 0 Å². The van der Waals surface area contributed by atoms with Crippen LogP contribution in [0.1, 0.15) is 5.56 Å². The molecule has 0 radical (unpaired) electrons. The Labute approximate surface area is 122 Å². The Hall–Kier alpha value is -2.33. The zero-order chi connectivity index (χ0) is 13.8. The number of hydrogen-bond acceptors (Lipinski definition) is 3. The first-order valence-corrected chi connectivity index (χ1v) is 6.62. The molecule has 0 bridgehead atoms. The van der Waals surface area contributed by atoms with E-state index in [1.54, 1.807) is 24.8 Å². The summed E-state index contributed by atoms with van der Waals surface area (Å²) in [5, 5.41) is 3.80. The summed E-state index contributed by atoms with van der Waals surface area (Å²) in [7, 11) is 0. The first-order chi connectivity index (χ1) is 9.81. The van der Waals surface area contributed by atoms with Crippen molar-refractivity contribution < 1.29 is 0 Å². The van der Waals surface area contributed by atoms with Crippen molar-refractivity contribution in [2.75, 3.05) is 5.32 Å². The van der Waals surface area contributed by atoms with Crippen LogP contribution >= 0.6 is 11.6 Å². The first kappa shape index (κ1) is 12.7. The van der Waals surface area contributed by atoms with Crippen LogP contribution in [0.3, 0.4) is 0 Å². The van der Waals surface area contributed by atoms with E-state index in [9.17, 15) is 0 Å². The highest BCUT2D eigenvalue weighted by atomic mass is 35.5. The summed E-state index contributed by atoms with van der Waals surface area (Å²) in [5.41, 5.74) is 3.25. The Morgan fingerprint density at radius 2 is 1.95 bits per heavy atom. The molecule has 5 heteroatoms. The van der Waals surface area contributed by atoms with Gasteiger partial charge in [0.05, 0.1) is 6.33 Å². The second-order valence-electron chi connectivity index (χ2n) is 4.36. The van der Waals surface area contributed by atoms with E-state index in [1.807, 2.05) is 16.8 Å². The lowest BCUT2D eigenvalue weighted by molar-refractivity contribution is 1.05. The molecular weight excluding hydrogens is 272 g/mol. The normalized spacial score (nSPS) is 10.4. The van der Waals surface area contributed by atoms with Gasteiger partial charge >= 0.3 is 0 Å². The summed E-state index contributed by atoms with van der Waals surface area (Å²) in [6.07, 6.45) is 7.16. The predicted molar refractivity (Wildman–Crippen MR) is 80.1 cm³/mol. The SMILES string of the molecule is Clc1cc(NCc2ccc(-n3ccnc3)cc2)ccn1. The highest BCUT2D eigenvalue weighted by molar-refractivity contribution is 6.29. The number of anilines is 1. The summed E-state index contributed by atoms with van der Waals surface area (Å²) in [4.78, 5) is 7.99. The van der Waals surface area contributed by atoms with Gasteiger partial charge in [-0.2, -0.15) is 0 Å². The summed E-state index contributed by atoms with van der Waals surface area (Å²) < 4.78 is 1.97. The zero-order valence-corrected chi connectivity index (χ0v) is 11.5. The molecule has 0 fully saturated rings. The lowest BCUT2D eigenvalue weighted by Crippen LogP contribution is -2.00. The average Bonchev–Trinajstić information content (AvgIpc) is 3.00. The highest BCUT2D eigenvalue weighted by Crippen LogP contribution is 2.14. The Morgan fingerprint density at radius 1 is 1.10 bits per heavy atom. The monoisotopic (exact) mass is 284 g/mol. The maximum Gasteiger partial charge on any atom is 0.131 e. The third-order valence-corrected chi connectivity index (χ3v) is 3.17. The van der Waals surface area contributed by atoms with E-state index in [0.29, 0.717) is 5.15 Å². The fourth-order valence-electron chi connectivity index (χ4n) is 1.91. The summed E-state index contributed by atoms with van der Waals surface area (Å²) >= 11 is 5.84. The highest BCUT2D eigenvalue weighted by Gasteiger charge is 1.98. The molecule has 0 saturated carbocycles. The van der Waals surface area contributed by atoms with Gasteiger partial charge in [-0.1, -0.05) is 23.7 Å². The molecule has 100 valence electrons. The molecule has 20 heavy (non-hydrogen) atoms. The van der Waals surface area contributed by atoms with E-state index >= 15 is 0 Å². The molecule has 1 aromatic carbocycles. The van der Waals surface area contributed by atoms with Crippen LogP contribution in [-0.4, -0.2) is 14.5 Å². The minimum atomic E-state index is 0.491. The van der Waals surface area contributed by atoms with Crippen LogP contribution in [-0.2, 0) is 6.54 Å². The molecule has 0 atom stereocenters. The third-order valence-electron chi connectivity index (χ3n) is 2.96. The Bertz CT molecular complexity index is 677. The van der Waals surface area contributed by atoms with Crippen LogP contribution in [0.25, 0.3) is 5.69 Å². The van der Waals surface area contributed by atoms with E-state index < -0.39 is 0 Å². The fourth-order valence-corrected chi connectivity index (χ4v) is 2.09. The van der Waals surface area contributed by atoms with Gasteiger partial charge < -0.3 is 9.88 Å². The third kappa shape index (κ3) is 2.97. The minimum Gasteiger partial charge on any atom is -0.381 e. The van der Waals surface area contributed by atoms with Gasteiger partial charge in [0.25, 0.3) is 0 Å². The van der Waals surface area contributed by atoms with E-state index in [2.05, 4.69) is 39.6 Å². The Morgan fingerprint density at radius 3 is 2.65 bits per heavy atom. The van der Waals surface area contributed by atoms with Crippen LogP contribution < -0.4 is 5.32 Å². The van der Waals surface area contributed by atoms with Crippen molar-refractivity contribution in [2.24, 2.45) is 0 Å². The van der Waals surface area contributed by atoms with Crippen LogP contribution in [0.4, 0.5) is 5.69 Å². The molecule has 1 N–H and O–H groups in total. The van der Waals surface area contributed by atoms with E-state index in [1.165, 1.54) is 5.56 Å². The molecule has 0 aliphatic carbocycles. The second-order valence-corrected chi connectivity index (χ2v) is 4.74. The van der Waals surface area contributed by atoms with E-state index in [4.69, 9.17) is 11.6 Å². The van der Waals surface area contributed by atoms with Crippen molar-refractivity contribution >= 4 is 17.3 Å². The van der Waals surface area contributed by atoms with Crippen LogP contribution in [0.2, 0.25) is 5.15 Å². The fraction of sp³-hybridized carbons (Fsp3) is 0.0667. The second kappa shape index (κ2) is 5.75. The molecule has 0 aliphatic rings. The van der Waals surface area contributed by atoms with Crippen molar-refractivity contribution in [3.05, 3.63) is 72.0 Å². The summed E-state index contributed by atoms with van der Waals surface area (Å²) in [5.74, 6) is 0. The number of halogens is 1. The predicted octanol–water partition coefficient (Wildman–Crippen LogP) is 3.53. The Kier molecular flexibility index (Phi) is 3.65. The lowest BCUT2D eigenvalue weighted by Gasteiger charge is -2.08. The first-order valence-electron chi connectivity index (χ1n) is 6.24. The summed E-state index contributed by atoms with van der Waals surface area (Å²) in [6, 6.07) is 12.0. The molecule has 0 saturated heterocycles. The van der Waals surface area contributed by atoms with Gasteiger partial charge in [-0.15, -0.1) is 0 Å². The number of rotatable bonds is 4. The van der Waals surface area contributed by atoms with E-state index in [-0.39, 0.29) is 0 Å². The molecule has 4 nitrogen and oxygen atoms in total. The van der Waals surface area contributed by atoms with Crippen LogP contribution in [0.15, 0.2) is 61.3 Å². The quantitative estimate of drug-likeness (QED) is 0.745. The lowest BCUT2D eigenvalue weighted by atomic mass is 10.2. The van der Waals surface area contributed by atoms with E-state index in [0.717, 1.165) is 17.9 Å². The van der Waals surface area contributed by atoms with Gasteiger partial charge in [-0.25, -0.2) is 9.97 Å². The molecule has 0 unspecified atom stereocenters. The molecule has 2 aromatic heterocycles. The van der Waals surface area contributed by atoms with Gasteiger partial charge in [0.15, 0.2) is 0 Å². The molecule has 0 amide bonds. The molecule has 3 rings (SSSR count). The topological polar surface area (TPSA) is 42.7 Å². The molecule has 0 aliphatic heterocycles. The van der Waals surface area contributed by atoms with Gasteiger partial charge in [-0.05, 0) is 29.8 Å². The number of pyridine rings is 1. The standard InChI is InChI=1S/C15H13ClN4/c16-15-9-13(5-6-18-15)19-10-12-1-3-14(4-2-12)20-8-7-17-11-20/h1-9,11H,10H2,(H,18,19). The number of aromatic nitrogens is 3. The number of nitrogens with one attached hydrogen (secondary N) is 1. The zero-order valence-electron chi connectivity index (χ0n) is 10.7. The van der Waals surface area contributed by atoms with Crippen LogP contribution in [0.5, 0.6) is 0 Å². The van der Waals surface area contributed by atoms with Crippen molar-refractivity contribution in [1.29, 1.82) is 0 Å². The molecular formula is C15H13ClN4. The number of imidazole rings is 1. The van der Waals surface area contributed by atoms with Crippen molar-refractivity contribution in [2.45, 2.75) is 6.54 Å².